The van der Waals surface area contributed by atoms with E-state index in [0.29, 0.717) is 0 Å². The SMILES string of the molecule is [2H]c1cc([2H])c(-c2c([2H])c([2H])c([2H])c3c2sc2c([2H])c([2H])c([2H])c([2H])c23)c([2H])c1-c1ncnc2c1oc1c([2H])c([2H])c(-c3c([2H])c([2H])c([2H])c4c3oc3c4c([2H])c([2H])c4c3c3c([2H])c([2H])c([2H])c([2H])c3n4-c3c([2H])c([2H])c([2H])c([2H])c3[2H])c([2H])c12. The average molecular weight is 787 g/mol. The first-order chi connectivity index (χ1) is 40.0. The third-order valence-corrected chi connectivity index (χ3v) is 10.9. The lowest BCUT2D eigenvalue weighted by molar-refractivity contribution is 0.667. The molecular formula is C52H29N3O2S. The van der Waals surface area contributed by atoms with Crippen molar-refractivity contribution in [2.75, 3.05) is 0 Å². The first-order valence-electron chi connectivity index (χ1n) is 30.7. The lowest BCUT2D eigenvalue weighted by atomic mass is 9.99. The second-order valence-corrected chi connectivity index (χ2v) is 13.8. The van der Waals surface area contributed by atoms with E-state index >= 15 is 0 Å². The van der Waals surface area contributed by atoms with Gasteiger partial charge < -0.3 is 13.4 Å². The molecular weight excluding hydrogens is 731 g/mol. The van der Waals surface area contributed by atoms with Gasteiger partial charge in [0.25, 0.3) is 0 Å². The zero-order chi connectivity index (χ0) is 61.4. The molecule has 0 saturated carbocycles. The van der Waals surface area contributed by atoms with E-state index in [1.165, 1.54) is 0 Å². The Morgan fingerprint density at radius 3 is 2.19 bits per heavy atom. The topological polar surface area (TPSA) is 57.0 Å². The predicted molar refractivity (Wildman–Crippen MR) is 240 cm³/mol. The normalized spacial score (nSPS) is 18.7. The lowest BCUT2D eigenvalue weighted by Gasteiger charge is -2.07. The Balaban J connectivity index is 1.11. The summed E-state index contributed by atoms with van der Waals surface area (Å²) in [5, 5.41) is -2.29. The second-order valence-electron chi connectivity index (χ2n) is 12.8. The summed E-state index contributed by atoms with van der Waals surface area (Å²) in [5.41, 5.74) is -6.50. The summed E-state index contributed by atoms with van der Waals surface area (Å²) in [6, 6.07) is -18.6. The molecule has 5 aromatic heterocycles. The molecule has 0 fully saturated rings. The summed E-state index contributed by atoms with van der Waals surface area (Å²) in [7, 11) is 0. The summed E-state index contributed by atoms with van der Waals surface area (Å²) < 4.78 is 256. The van der Waals surface area contributed by atoms with Crippen LogP contribution in [-0.4, -0.2) is 14.5 Å². The van der Waals surface area contributed by atoms with Crippen LogP contribution in [0.5, 0.6) is 0 Å². The van der Waals surface area contributed by atoms with Crippen molar-refractivity contribution in [1.29, 1.82) is 0 Å². The van der Waals surface area contributed by atoms with E-state index in [2.05, 4.69) is 9.97 Å². The summed E-state index contributed by atoms with van der Waals surface area (Å²) in [4.78, 5) is 8.70. The van der Waals surface area contributed by atoms with Crippen LogP contribution in [0.4, 0.5) is 0 Å². The van der Waals surface area contributed by atoms with Gasteiger partial charge in [0.2, 0.25) is 0 Å². The third-order valence-electron chi connectivity index (χ3n) is 9.73. The number of fused-ring (bicyclic) bond motifs is 13. The van der Waals surface area contributed by atoms with E-state index in [1.54, 1.807) is 0 Å². The standard InChI is InChI=1S/C52H29N3O2S/c1-2-13-33(14-3-1)55-42-21-6-4-16-40(42)46-43(55)25-24-38-37-19-9-17-34(49(37)57-50(38)46)31-23-26-44-41(28-31)48-51(56-44)47(53-29-54-48)32-12-8-11-30(27-32)35-18-10-20-39-36-15-5-7-22-45(36)58-52(35)39/h1-29H/i1D,2D,3D,4D,5D,6D,7D,9D,10D,11D,12D,13D,14D,15D,16D,17D,18D,19D,20D,21D,22D,23D,24D,25D,26D,27D,28D. The summed E-state index contributed by atoms with van der Waals surface area (Å²) in [6.45, 7) is 0. The number of hydrogen-bond donors (Lipinski definition) is 0. The molecule has 0 spiro atoms. The number of aromatic nitrogens is 3. The number of thiophene rings is 1. The highest BCUT2D eigenvalue weighted by Crippen LogP contribution is 2.45. The van der Waals surface area contributed by atoms with Gasteiger partial charge in [0.05, 0.1) is 53.4 Å². The largest absolute Gasteiger partial charge is 0.455 e. The van der Waals surface area contributed by atoms with Crippen LogP contribution in [-0.2, 0) is 0 Å². The van der Waals surface area contributed by atoms with Gasteiger partial charge in [-0.1, -0.05) is 115 Å². The van der Waals surface area contributed by atoms with Gasteiger partial charge in [0.15, 0.2) is 5.58 Å². The minimum absolute atomic E-state index is 0.0210. The molecule has 8 aromatic carbocycles. The first kappa shape index (κ1) is 15.4. The van der Waals surface area contributed by atoms with Crippen LogP contribution in [0.15, 0.2) is 184 Å². The smallest absolute Gasteiger partial charge is 0.180 e. The quantitative estimate of drug-likeness (QED) is 0.178. The average Bonchev–Trinajstić information content (AvgIpc) is 1.61. The van der Waals surface area contributed by atoms with Gasteiger partial charge in [-0.3, -0.25) is 0 Å². The minimum atomic E-state index is -0.868. The second kappa shape index (κ2) is 12.0. The van der Waals surface area contributed by atoms with Crippen molar-refractivity contribution < 1.29 is 45.8 Å². The fourth-order valence-corrected chi connectivity index (χ4v) is 8.36. The Morgan fingerprint density at radius 1 is 0.500 bits per heavy atom. The maximum atomic E-state index is 9.82. The maximum Gasteiger partial charge on any atom is 0.180 e. The number of para-hydroxylation sites is 3. The van der Waals surface area contributed by atoms with E-state index < -0.39 is 229 Å². The van der Waals surface area contributed by atoms with E-state index in [0.717, 1.165) is 28.3 Å². The molecule has 270 valence electrons. The molecule has 13 rings (SSSR count). The van der Waals surface area contributed by atoms with Crippen molar-refractivity contribution in [3.05, 3.63) is 176 Å². The molecule has 6 heteroatoms. The molecule has 0 radical (unpaired) electrons. The zero-order valence-electron chi connectivity index (χ0n) is 55.7. The highest BCUT2D eigenvalue weighted by Gasteiger charge is 2.22. The maximum absolute atomic E-state index is 9.82. The molecule has 0 saturated heterocycles. The Hall–Kier alpha value is -7.54. The number of benzene rings is 8. The Bertz CT molecular complexity index is 5390. The first-order valence-corrected chi connectivity index (χ1v) is 18.0. The number of rotatable bonds is 4. The summed E-state index contributed by atoms with van der Waals surface area (Å²) >= 11 is 0.758. The molecule has 13 aromatic rings. The van der Waals surface area contributed by atoms with Gasteiger partial charge in [-0.2, -0.15) is 0 Å². The van der Waals surface area contributed by atoms with Crippen LogP contribution in [0.1, 0.15) is 37.0 Å². The van der Waals surface area contributed by atoms with Gasteiger partial charge in [-0.15, -0.1) is 11.3 Å². The number of hydrogen-bond acceptors (Lipinski definition) is 5. The van der Waals surface area contributed by atoms with Crippen LogP contribution in [0.25, 0.3) is 125 Å². The van der Waals surface area contributed by atoms with Gasteiger partial charge in [0, 0.05) is 58.5 Å². The lowest BCUT2D eigenvalue weighted by Crippen LogP contribution is -1.92. The fourth-order valence-electron chi connectivity index (χ4n) is 7.28. The molecule has 58 heavy (non-hydrogen) atoms. The highest BCUT2D eigenvalue weighted by atomic mass is 32.1. The van der Waals surface area contributed by atoms with Crippen molar-refractivity contribution in [2.45, 2.75) is 0 Å². The Morgan fingerprint density at radius 2 is 1.26 bits per heavy atom. The molecule has 0 unspecified atom stereocenters. The predicted octanol–water partition coefficient (Wildman–Crippen LogP) is 14.7. The van der Waals surface area contributed by atoms with Gasteiger partial charge in [0.1, 0.15) is 34.3 Å². The van der Waals surface area contributed by atoms with E-state index in [4.69, 9.17) is 33.5 Å². The van der Waals surface area contributed by atoms with Gasteiger partial charge in [-0.05, 0) is 71.1 Å². The molecule has 0 aliphatic heterocycles. The van der Waals surface area contributed by atoms with Crippen molar-refractivity contribution in [2.24, 2.45) is 0 Å². The molecule has 0 atom stereocenters. The molecule has 0 aliphatic rings. The molecule has 0 aliphatic carbocycles. The number of furan rings is 2. The van der Waals surface area contributed by atoms with Gasteiger partial charge in [-0.25, -0.2) is 9.97 Å². The van der Waals surface area contributed by atoms with Crippen LogP contribution in [0.3, 0.4) is 0 Å². The molecule has 0 amide bonds. The molecule has 0 N–H and O–H groups in total. The van der Waals surface area contributed by atoms with E-state index in [9.17, 15) is 12.3 Å². The molecule has 0 bridgehead atoms. The van der Waals surface area contributed by atoms with Crippen LogP contribution in [0, 0.1) is 0 Å². The molecule has 5 nitrogen and oxygen atoms in total. The highest BCUT2D eigenvalue weighted by molar-refractivity contribution is 7.26. The molecule has 5 heterocycles. The van der Waals surface area contributed by atoms with Crippen molar-refractivity contribution in [3.63, 3.8) is 0 Å². The van der Waals surface area contributed by atoms with Crippen LogP contribution < -0.4 is 0 Å². The van der Waals surface area contributed by atoms with Gasteiger partial charge >= 0.3 is 0 Å². The van der Waals surface area contributed by atoms with Crippen molar-refractivity contribution in [3.8, 4) is 39.2 Å². The fraction of sp³-hybridized carbons (Fsp3) is 0. The zero-order valence-corrected chi connectivity index (χ0v) is 29.5. The Labute approximate surface area is 372 Å². The van der Waals surface area contributed by atoms with E-state index in [-0.39, 0.29) is 58.8 Å². The van der Waals surface area contributed by atoms with Crippen molar-refractivity contribution in [1.82, 2.24) is 14.5 Å². The van der Waals surface area contributed by atoms with Crippen LogP contribution in [0.2, 0.25) is 0 Å². The monoisotopic (exact) mass is 786 g/mol. The van der Waals surface area contributed by atoms with Crippen LogP contribution >= 0.6 is 11.3 Å². The minimum Gasteiger partial charge on any atom is -0.455 e. The Kier molecular flexibility index (Phi) is 3.19. The summed E-state index contributed by atoms with van der Waals surface area (Å²) in [5.74, 6) is 0. The van der Waals surface area contributed by atoms with E-state index in [1.807, 2.05) is 0 Å². The third kappa shape index (κ3) is 4.46. The van der Waals surface area contributed by atoms with Crippen molar-refractivity contribution >= 4 is 97.3 Å². The summed E-state index contributed by atoms with van der Waals surface area (Å²) in [6.07, 6.45) is 0.954. The number of nitrogens with zero attached hydrogens (tertiary/aromatic N) is 3.